The zero-order chi connectivity index (χ0) is 17.6. The molecule has 2 aromatic rings. The minimum atomic E-state index is -0.467. The van der Waals surface area contributed by atoms with Crippen molar-refractivity contribution in [3.05, 3.63) is 29.4 Å². The number of nitrogens with one attached hydrogen (secondary N) is 1. The highest BCUT2D eigenvalue weighted by Gasteiger charge is 2.26. The molecule has 0 unspecified atom stereocenters. The Labute approximate surface area is 147 Å². The van der Waals surface area contributed by atoms with Crippen molar-refractivity contribution in [2.45, 2.75) is 52.1 Å². The van der Waals surface area contributed by atoms with Crippen LogP contribution >= 0.6 is 0 Å². The lowest BCUT2D eigenvalue weighted by atomic mass is 10.00. The molecule has 1 amide bonds. The van der Waals surface area contributed by atoms with Crippen LogP contribution in [0.2, 0.25) is 0 Å². The van der Waals surface area contributed by atoms with E-state index in [1.54, 1.807) is 11.2 Å². The Morgan fingerprint density at radius 2 is 2.08 bits per heavy atom. The lowest BCUT2D eigenvalue weighted by Crippen LogP contribution is -2.39. The van der Waals surface area contributed by atoms with Crippen LogP contribution < -0.4 is 0 Å². The van der Waals surface area contributed by atoms with Gasteiger partial charge in [0, 0.05) is 24.2 Å². The summed E-state index contributed by atoms with van der Waals surface area (Å²) in [5.74, 6) is 0. The van der Waals surface area contributed by atoms with Crippen LogP contribution in [0.15, 0.2) is 12.4 Å². The van der Waals surface area contributed by atoms with E-state index in [9.17, 15) is 4.79 Å². The average Bonchev–Trinajstić information content (AvgIpc) is 3.13. The Kier molecular flexibility index (Phi) is 3.78. The summed E-state index contributed by atoms with van der Waals surface area (Å²) < 4.78 is 5.46. The number of aromatic amines is 1. The lowest BCUT2D eigenvalue weighted by Gasteiger charge is -2.29. The quantitative estimate of drug-likeness (QED) is 0.863. The third-order valence-corrected chi connectivity index (χ3v) is 4.80. The Bertz CT molecular complexity index is 860. The molecule has 0 aromatic carbocycles. The first-order chi connectivity index (χ1) is 11.9. The molecule has 0 atom stereocenters. The molecule has 1 N–H and O–H groups in total. The predicted molar refractivity (Wildman–Crippen MR) is 96.3 cm³/mol. The fraction of sp³-hybridized carbons (Fsp3) is 0.526. The number of aromatic nitrogens is 3. The van der Waals surface area contributed by atoms with Gasteiger partial charge < -0.3 is 14.6 Å². The summed E-state index contributed by atoms with van der Waals surface area (Å²) in [7, 11) is 0. The minimum absolute atomic E-state index is 0.252. The van der Waals surface area contributed by atoms with E-state index in [4.69, 9.17) is 4.74 Å². The smallest absolute Gasteiger partial charge is 0.410 e. The molecule has 2 aromatic heterocycles. The highest BCUT2D eigenvalue weighted by atomic mass is 16.6. The number of hydrogen-bond acceptors (Lipinski definition) is 4. The van der Waals surface area contributed by atoms with Crippen LogP contribution in [-0.4, -0.2) is 44.6 Å². The van der Waals surface area contributed by atoms with Gasteiger partial charge in [-0.15, -0.1) is 0 Å². The second-order valence-corrected chi connectivity index (χ2v) is 7.79. The van der Waals surface area contributed by atoms with E-state index in [1.165, 1.54) is 28.6 Å². The second kappa shape index (κ2) is 5.86. The lowest BCUT2D eigenvalue weighted by molar-refractivity contribution is 0.0270. The van der Waals surface area contributed by atoms with Crippen LogP contribution in [0.5, 0.6) is 0 Å². The van der Waals surface area contributed by atoms with Crippen LogP contribution in [0, 0.1) is 0 Å². The number of carbonyl (C=O) groups excluding carboxylic acids is 1. The summed E-state index contributed by atoms with van der Waals surface area (Å²) in [5, 5.41) is 1.17. The van der Waals surface area contributed by atoms with Crippen LogP contribution in [0.3, 0.4) is 0 Å². The Hall–Kier alpha value is -2.37. The minimum Gasteiger partial charge on any atom is -0.444 e. The number of H-pyrrole nitrogens is 1. The van der Waals surface area contributed by atoms with Gasteiger partial charge in [-0.1, -0.05) is 6.08 Å². The average molecular weight is 340 g/mol. The van der Waals surface area contributed by atoms with Crippen molar-refractivity contribution in [2.24, 2.45) is 0 Å². The standard InChI is InChI=1S/C19H24N4O2/c1-19(2,3)25-18(24)23-9-7-12(8-10-23)16-15-13-5-4-6-14(13)22-17(15)21-11-20-16/h7,11H,4-6,8-10H2,1-3H3,(H,20,21,22). The van der Waals surface area contributed by atoms with Gasteiger partial charge in [0.2, 0.25) is 0 Å². The van der Waals surface area contributed by atoms with Gasteiger partial charge in [0.1, 0.15) is 17.6 Å². The van der Waals surface area contributed by atoms with Gasteiger partial charge >= 0.3 is 6.09 Å². The number of nitrogens with zero attached hydrogens (tertiary/aromatic N) is 3. The molecule has 132 valence electrons. The van der Waals surface area contributed by atoms with Gasteiger partial charge in [-0.3, -0.25) is 0 Å². The molecule has 6 heteroatoms. The molecule has 0 radical (unpaired) electrons. The number of hydrogen-bond donors (Lipinski definition) is 1. The van der Waals surface area contributed by atoms with Crippen molar-refractivity contribution in [2.75, 3.05) is 13.1 Å². The van der Waals surface area contributed by atoms with E-state index in [1.807, 2.05) is 20.8 Å². The van der Waals surface area contributed by atoms with Crippen LogP contribution in [-0.2, 0) is 17.6 Å². The normalized spacial score (nSPS) is 17.6. The van der Waals surface area contributed by atoms with Crippen molar-refractivity contribution in [1.29, 1.82) is 0 Å². The molecule has 2 aliphatic rings. The van der Waals surface area contributed by atoms with Gasteiger partial charge in [-0.05, 0) is 57.6 Å². The maximum atomic E-state index is 12.2. The monoisotopic (exact) mass is 340 g/mol. The first kappa shape index (κ1) is 16.1. The van der Waals surface area contributed by atoms with E-state index in [-0.39, 0.29) is 6.09 Å². The third kappa shape index (κ3) is 3.01. The molecule has 0 fully saturated rings. The Morgan fingerprint density at radius 1 is 1.24 bits per heavy atom. The van der Waals surface area contributed by atoms with E-state index in [0.29, 0.717) is 13.1 Å². The maximum absolute atomic E-state index is 12.2. The highest BCUT2D eigenvalue weighted by molar-refractivity contribution is 5.92. The molecular weight excluding hydrogens is 316 g/mol. The van der Waals surface area contributed by atoms with E-state index in [2.05, 4.69) is 21.0 Å². The predicted octanol–water partition coefficient (Wildman–Crippen LogP) is 3.47. The zero-order valence-corrected chi connectivity index (χ0v) is 15.1. The topological polar surface area (TPSA) is 71.1 Å². The van der Waals surface area contributed by atoms with Gasteiger partial charge in [0.15, 0.2) is 0 Å². The molecule has 6 nitrogen and oxygen atoms in total. The highest BCUT2D eigenvalue weighted by Crippen LogP contribution is 2.34. The van der Waals surface area contributed by atoms with Crippen molar-refractivity contribution >= 4 is 22.7 Å². The molecule has 4 rings (SSSR count). The molecule has 0 saturated heterocycles. The van der Waals surface area contributed by atoms with Crippen LogP contribution in [0.25, 0.3) is 16.6 Å². The number of aryl methyl sites for hydroxylation is 2. The van der Waals surface area contributed by atoms with Gasteiger partial charge in [-0.25, -0.2) is 14.8 Å². The molecule has 0 saturated carbocycles. The number of ether oxygens (including phenoxy) is 1. The van der Waals surface area contributed by atoms with Crippen molar-refractivity contribution in [3.63, 3.8) is 0 Å². The molecule has 1 aliphatic heterocycles. The van der Waals surface area contributed by atoms with E-state index >= 15 is 0 Å². The first-order valence-electron chi connectivity index (χ1n) is 8.94. The van der Waals surface area contributed by atoms with Crippen molar-refractivity contribution < 1.29 is 9.53 Å². The van der Waals surface area contributed by atoms with Gasteiger partial charge in [-0.2, -0.15) is 0 Å². The molecule has 0 bridgehead atoms. The number of fused-ring (bicyclic) bond motifs is 3. The van der Waals surface area contributed by atoms with E-state index < -0.39 is 5.60 Å². The van der Waals surface area contributed by atoms with Crippen molar-refractivity contribution in [3.8, 4) is 0 Å². The molecule has 0 spiro atoms. The fourth-order valence-corrected chi connectivity index (χ4v) is 3.69. The molecule has 25 heavy (non-hydrogen) atoms. The van der Waals surface area contributed by atoms with Crippen molar-refractivity contribution in [1.82, 2.24) is 19.9 Å². The van der Waals surface area contributed by atoms with Gasteiger partial charge in [0.05, 0.1) is 5.69 Å². The summed E-state index contributed by atoms with van der Waals surface area (Å²) in [6.07, 6.45) is 7.64. The summed E-state index contributed by atoms with van der Waals surface area (Å²) in [6.45, 7) is 6.88. The fourth-order valence-electron chi connectivity index (χ4n) is 3.69. The number of carbonyl (C=O) groups is 1. The van der Waals surface area contributed by atoms with E-state index in [0.717, 1.165) is 30.6 Å². The summed E-state index contributed by atoms with van der Waals surface area (Å²) in [5.41, 5.74) is 5.37. The molecule has 1 aliphatic carbocycles. The van der Waals surface area contributed by atoms with Gasteiger partial charge in [0.25, 0.3) is 0 Å². The summed E-state index contributed by atoms with van der Waals surface area (Å²) in [4.78, 5) is 26.4. The summed E-state index contributed by atoms with van der Waals surface area (Å²) in [6, 6.07) is 0. The number of rotatable bonds is 1. The van der Waals surface area contributed by atoms with Crippen LogP contribution in [0.1, 0.15) is 50.6 Å². The number of amides is 1. The SMILES string of the molecule is CC(C)(C)OC(=O)N1CC=C(c2ncnc3[nH]c4c(c23)CCC4)CC1. The largest absolute Gasteiger partial charge is 0.444 e. The maximum Gasteiger partial charge on any atom is 0.410 e. The third-order valence-electron chi connectivity index (χ3n) is 4.80. The second-order valence-electron chi connectivity index (χ2n) is 7.79. The first-order valence-corrected chi connectivity index (χ1v) is 8.94. The van der Waals surface area contributed by atoms with Crippen LogP contribution in [0.4, 0.5) is 4.79 Å². The Morgan fingerprint density at radius 3 is 2.80 bits per heavy atom. The molecule has 3 heterocycles. The summed E-state index contributed by atoms with van der Waals surface area (Å²) >= 11 is 0. The zero-order valence-electron chi connectivity index (χ0n) is 15.1. The Balaban J connectivity index is 1.60. The molecular formula is C19H24N4O2.